The molecule has 2 aliphatic rings. The number of hydrogen-bond acceptors (Lipinski definition) is 6. The van der Waals surface area contributed by atoms with E-state index in [1.54, 1.807) is 42.7 Å². The summed E-state index contributed by atoms with van der Waals surface area (Å²) >= 11 is 0. The molecule has 1 fully saturated rings. The van der Waals surface area contributed by atoms with Gasteiger partial charge in [-0.25, -0.2) is 4.39 Å². The van der Waals surface area contributed by atoms with E-state index in [9.17, 15) is 27.5 Å². The molecule has 0 bridgehead atoms. The van der Waals surface area contributed by atoms with Crippen molar-refractivity contribution in [3.8, 4) is 0 Å². The van der Waals surface area contributed by atoms with Crippen LogP contribution in [0.2, 0.25) is 0 Å². The lowest BCUT2D eigenvalue weighted by Gasteiger charge is -2.26. The van der Waals surface area contributed by atoms with Crippen LogP contribution in [0.25, 0.3) is 0 Å². The third-order valence-electron chi connectivity index (χ3n) is 5.68. The Bertz CT molecular complexity index is 863. The quantitative estimate of drug-likeness (QED) is 0.448. The van der Waals surface area contributed by atoms with E-state index in [2.05, 4.69) is 11.9 Å². The van der Waals surface area contributed by atoms with Gasteiger partial charge in [-0.2, -0.15) is 13.2 Å². The molecule has 3 N–H and O–H groups in total. The number of nitrogens with one attached hydrogen (secondary N) is 2. The van der Waals surface area contributed by atoms with Crippen molar-refractivity contribution in [3.05, 3.63) is 48.9 Å². The number of carbonyl (C=O) groups excluding carboxylic acids is 1. The fourth-order valence-corrected chi connectivity index (χ4v) is 4.01. The highest BCUT2D eigenvalue weighted by Gasteiger charge is 2.43. The summed E-state index contributed by atoms with van der Waals surface area (Å²) in [6, 6.07) is 4.53. The molecule has 0 radical (unpaired) electrons. The van der Waals surface area contributed by atoms with Crippen molar-refractivity contribution < 1.29 is 27.5 Å². The SMILES string of the molecule is C=CN1Cc2cc(N3CC(CO)C(NC(=O)C(F)(F)F)C3)ccc2N(/C=C\NC)C(F)C1. The number of alkyl halides is 4. The third-order valence-corrected chi connectivity index (χ3v) is 5.68. The molecule has 0 saturated carbocycles. The molecular formula is C21H27F4N5O2. The number of hydrogen-bond donors (Lipinski definition) is 3. The maximum Gasteiger partial charge on any atom is 0.471 e. The summed E-state index contributed by atoms with van der Waals surface area (Å²) in [5, 5.41) is 14.4. The first-order valence-electron chi connectivity index (χ1n) is 10.2. The van der Waals surface area contributed by atoms with Crippen LogP contribution in [0.1, 0.15) is 5.56 Å². The molecule has 11 heteroatoms. The van der Waals surface area contributed by atoms with Crippen molar-refractivity contribution in [2.75, 3.05) is 43.1 Å². The molecule has 1 saturated heterocycles. The van der Waals surface area contributed by atoms with Crippen molar-refractivity contribution in [1.82, 2.24) is 15.5 Å². The fourth-order valence-electron chi connectivity index (χ4n) is 4.01. The number of anilines is 2. The lowest BCUT2D eigenvalue weighted by Crippen LogP contribution is -2.47. The van der Waals surface area contributed by atoms with Crippen LogP contribution in [-0.4, -0.2) is 67.7 Å². The van der Waals surface area contributed by atoms with Crippen LogP contribution in [0.3, 0.4) is 0 Å². The largest absolute Gasteiger partial charge is 0.471 e. The van der Waals surface area contributed by atoms with E-state index in [1.165, 1.54) is 4.90 Å². The molecule has 0 aliphatic carbocycles. The monoisotopic (exact) mass is 457 g/mol. The molecule has 1 aromatic carbocycles. The molecule has 32 heavy (non-hydrogen) atoms. The first kappa shape index (κ1) is 23.7. The van der Waals surface area contributed by atoms with Gasteiger partial charge in [-0.05, 0) is 30.0 Å². The summed E-state index contributed by atoms with van der Waals surface area (Å²) in [5.74, 6) is -2.57. The van der Waals surface area contributed by atoms with Crippen molar-refractivity contribution in [1.29, 1.82) is 0 Å². The van der Waals surface area contributed by atoms with E-state index in [4.69, 9.17) is 0 Å². The van der Waals surface area contributed by atoms with Crippen molar-refractivity contribution in [3.63, 3.8) is 0 Å². The number of amides is 1. The van der Waals surface area contributed by atoms with Gasteiger partial charge in [0.2, 0.25) is 0 Å². The predicted octanol–water partition coefficient (Wildman–Crippen LogP) is 1.91. The number of rotatable bonds is 6. The highest BCUT2D eigenvalue weighted by atomic mass is 19.4. The van der Waals surface area contributed by atoms with Crippen molar-refractivity contribution in [2.24, 2.45) is 5.92 Å². The van der Waals surface area contributed by atoms with Crippen LogP contribution < -0.4 is 20.4 Å². The normalized spacial score (nSPS) is 23.8. The second-order valence-electron chi connectivity index (χ2n) is 7.80. The van der Waals surface area contributed by atoms with Crippen molar-refractivity contribution >= 4 is 17.3 Å². The molecule has 1 aromatic rings. The highest BCUT2D eigenvalue weighted by Crippen LogP contribution is 2.34. The van der Waals surface area contributed by atoms with Crippen LogP contribution >= 0.6 is 0 Å². The number of carbonyl (C=O) groups is 1. The molecule has 176 valence electrons. The van der Waals surface area contributed by atoms with Crippen LogP contribution in [0.4, 0.5) is 28.9 Å². The maximum absolute atomic E-state index is 14.9. The van der Waals surface area contributed by atoms with Gasteiger partial charge in [0.15, 0.2) is 6.30 Å². The molecule has 3 rings (SSSR count). The zero-order valence-corrected chi connectivity index (χ0v) is 17.6. The van der Waals surface area contributed by atoms with Gasteiger partial charge in [-0.3, -0.25) is 4.79 Å². The summed E-state index contributed by atoms with van der Waals surface area (Å²) in [4.78, 5) is 16.4. The highest BCUT2D eigenvalue weighted by molar-refractivity contribution is 5.82. The minimum Gasteiger partial charge on any atom is -0.396 e. The van der Waals surface area contributed by atoms with Gasteiger partial charge >= 0.3 is 12.1 Å². The predicted molar refractivity (Wildman–Crippen MR) is 113 cm³/mol. The van der Waals surface area contributed by atoms with Crippen LogP contribution in [0, 0.1) is 5.92 Å². The number of nitrogens with zero attached hydrogens (tertiary/aromatic N) is 3. The average Bonchev–Trinajstić information content (AvgIpc) is 3.10. The Balaban J connectivity index is 1.87. The topological polar surface area (TPSA) is 71.1 Å². The van der Waals surface area contributed by atoms with Gasteiger partial charge in [0.05, 0.1) is 12.6 Å². The first-order chi connectivity index (χ1) is 15.2. The van der Waals surface area contributed by atoms with Crippen molar-refractivity contribution in [2.45, 2.75) is 25.1 Å². The Labute approximate surface area is 184 Å². The molecule has 1 amide bonds. The smallest absolute Gasteiger partial charge is 0.396 e. The molecule has 7 nitrogen and oxygen atoms in total. The van der Waals surface area contributed by atoms with Gasteiger partial charge in [-0.15, -0.1) is 0 Å². The van der Waals surface area contributed by atoms with E-state index in [1.807, 2.05) is 16.3 Å². The Morgan fingerprint density at radius 3 is 2.69 bits per heavy atom. The standard InChI is InChI=1S/C21H27F4N5O2/c1-3-28-9-14-8-16(4-5-18(14)30(7-6-26-2)19(22)12-28)29-10-15(13-31)17(11-29)27-20(32)21(23,24)25/h3-8,15,17,19,26,31H,1,9-13H2,2H3,(H,27,32)/b7-6-. The molecular weight excluding hydrogens is 430 g/mol. The minimum absolute atomic E-state index is 0.115. The number of benzene rings is 1. The average molecular weight is 457 g/mol. The van der Waals surface area contributed by atoms with Crippen LogP contribution in [0.15, 0.2) is 43.4 Å². The van der Waals surface area contributed by atoms with E-state index in [-0.39, 0.29) is 26.2 Å². The zero-order valence-electron chi connectivity index (χ0n) is 17.6. The van der Waals surface area contributed by atoms with E-state index in [0.717, 1.165) is 5.56 Å². The number of halogens is 4. The van der Waals surface area contributed by atoms with E-state index < -0.39 is 30.3 Å². The Kier molecular flexibility index (Phi) is 7.17. The van der Waals surface area contributed by atoms with E-state index >= 15 is 0 Å². The minimum atomic E-state index is -4.99. The molecule has 3 unspecified atom stereocenters. The second-order valence-corrected chi connectivity index (χ2v) is 7.80. The summed E-state index contributed by atoms with van der Waals surface area (Å²) in [6.07, 6.45) is -1.50. The van der Waals surface area contributed by atoms with Crippen LogP contribution in [-0.2, 0) is 11.3 Å². The van der Waals surface area contributed by atoms with Gasteiger partial charge in [-0.1, -0.05) is 6.58 Å². The Hall–Kier alpha value is -2.95. The lowest BCUT2D eigenvalue weighted by molar-refractivity contribution is -0.174. The lowest BCUT2D eigenvalue weighted by atomic mass is 10.1. The summed E-state index contributed by atoms with van der Waals surface area (Å²) in [5.41, 5.74) is 2.19. The molecule has 0 aromatic heterocycles. The zero-order chi connectivity index (χ0) is 23.5. The Morgan fingerprint density at radius 1 is 1.31 bits per heavy atom. The third kappa shape index (κ3) is 5.09. The van der Waals surface area contributed by atoms with Gasteiger partial charge in [0, 0.05) is 63.0 Å². The summed E-state index contributed by atoms with van der Waals surface area (Å²) < 4.78 is 52.9. The van der Waals surface area contributed by atoms with Crippen LogP contribution in [0.5, 0.6) is 0 Å². The number of fused-ring (bicyclic) bond motifs is 1. The fraction of sp³-hybridized carbons (Fsp3) is 0.476. The first-order valence-corrected chi connectivity index (χ1v) is 10.2. The summed E-state index contributed by atoms with van der Waals surface area (Å²) in [6.45, 7) is 4.29. The Morgan fingerprint density at radius 2 is 2.06 bits per heavy atom. The second kappa shape index (κ2) is 9.68. The van der Waals surface area contributed by atoms with Gasteiger partial charge in [0.1, 0.15) is 0 Å². The maximum atomic E-state index is 14.9. The van der Waals surface area contributed by atoms with E-state index in [0.29, 0.717) is 17.9 Å². The molecule has 0 spiro atoms. The molecule has 3 atom stereocenters. The number of aliphatic hydroxyl groups is 1. The molecule has 2 heterocycles. The van der Waals surface area contributed by atoms with Gasteiger partial charge in [0.25, 0.3) is 0 Å². The summed E-state index contributed by atoms with van der Waals surface area (Å²) in [7, 11) is 1.71. The van der Waals surface area contributed by atoms with Gasteiger partial charge < -0.3 is 30.4 Å². The molecule has 2 aliphatic heterocycles. The number of aliphatic hydroxyl groups excluding tert-OH is 1.